The minimum atomic E-state index is -1.28. The Bertz CT molecular complexity index is 1320. The molecule has 9 nitrogen and oxygen atoms in total. The number of hydrogen-bond acceptors (Lipinski definition) is 7. The van der Waals surface area contributed by atoms with E-state index < -0.39 is 28.0 Å². The number of halogens is 3. The maximum absolute atomic E-state index is 13.7. The third-order valence-corrected chi connectivity index (χ3v) is 5.84. The normalized spacial score (nSPS) is 15.4. The van der Waals surface area contributed by atoms with E-state index in [1.54, 1.807) is 13.0 Å². The van der Waals surface area contributed by atoms with Crippen LogP contribution in [0.4, 0.5) is 14.6 Å². The second kappa shape index (κ2) is 9.06. The number of nitriles is 1. The molecule has 0 spiro atoms. The number of aliphatic hydroxyl groups is 1. The highest BCUT2D eigenvalue weighted by molar-refractivity contribution is 6.28. The van der Waals surface area contributed by atoms with Crippen molar-refractivity contribution in [3.8, 4) is 17.3 Å². The molecule has 0 amide bonds. The lowest BCUT2D eigenvalue weighted by molar-refractivity contribution is -0.389. The number of rotatable bonds is 6. The highest BCUT2D eigenvalue weighted by atomic mass is 35.5. The Morgan fingerprint density at radius 3 is 2.71 bits per heavy atom. The highest BCUT2D eigenvalue weighted by Crippen LogP contribution is 2.29. The van der Waals surface area contributed by atoms with Crippen LogP contribution in [0.1, 0.15) is 23.7 Å². The molecular formula is C22H19ClF2N6O3. The molecule has 0 saturated carbocycles. The fourth-order valence-electron chi connectivity index (χ4n) is 4.09. The van der Waals surface area contributed by atoms with Crippen LogP contribution in [-0.4, -0.2) is 48.2 Å². The summed E-state index contributed by atoms with van der Waals surface area (Å²) in [5.74, 6) is -2.40. The quantitative estimate of drug-likeness (QED) is 0.416. The van der Waals surface area contributed by atoms with Crippen molar-refractivity contribution in [2.45, 2.75) is 32.0 Å². The maximum atomic E-state index is 13.7. The fraction of sp³-hybridized carbons (Fsp3) is 0.318. The van der Waals surface area contributed by atoms with Crippen LogP contribution < -0.4 is 0 Å². The van der Waals surface area contributed by atoms with Crippen LogP contribution in [0.2, 0.25) is 5.28 Å². The Labute approximate surface area is 198 Å². The van der Waals surface area contributed by atoms with Crippen LogP contribution in [0.25, 0.3) is 11.3 Å². The van der Waals surface area contributed by atoms with Gasteiger partial charge >= 0.3 is 11.1 Å². The molecule has 2 aromatic heterocycles. The number of nitrogens with zero attached hydrogens (tertiary/aromatic N) is 6. The summed E-state index contributed by atoms with van der Waals surface area (Å²) >= 11 is 5.96. The van der Waals surface area contributed by atoms with Crippen LogP contribution >= 0.6 is 11.6 Å². The van der Waals surface area contributed by atoms with Crippen molar-refractivity contribution in [1.29, 1.82) is 5.26 Å². The first-order valence-electron chi connectivity index (χ1n) is 10.3. The van der Waals surface area contributed by atoms with E-state index in [1.807, 2.05) is 4.90 Å². The zero-order chi connectivity index (χ0) is 24.6. The lowest BCUT2D eigenvalue weighted by Gasteiger charge is -2.34. The Hall–Kier alpha value is -3.46. The lowest BCUT2D eigenvalue weighted by Crippen LogP contribution is -2.45. The van der Waals surface area contributed by atoms with Crippen LogP contribution in [0.3, 0.4) is 0 Å². The van der Waals surface area contributed by atoms with Gasteiger partial charge < -0.3 is 15.2 Å². The average molecular weight is 489 g/mol. The monoisotopic (exact) mass is 488 g/mol. The number of pyridine rings is 1. The molecule has 4 rings (SSSR count). The molecule has 1 N–H and O–H groups in total. The fourth-order valence-corrected chi connectivity index (χ4v) is 4.29. The SMILES string of the molecule is CC(O)(CN1CCc2nc(-c3ccc(F)c(F)c3)c(C#N)cc2C1)Cn1cc([N+](=O)[O-])nc1Cl. The number of imidazole rings is 1. The molecule has 3 heterocycles. The van der Waals surface area contributed by atoms with E-state index in [1.165, 1.54) is 16.8 Å². The van der Waals surface area contributed by atoms with E-state index in [0.29, 0.717) is 25.1 Å². The van der Waals surface area contributed by atoms with Crippen LogP contribution in [0.15, 0.2) is 30.5 Å². The summed E-state index contributed by atoms with van der Waals surface area (Å²) in [5, 5.41) is 31.3. The van der Waals surface area contributed by atoms with Crippen molar-refractivity contribution in [2.24, 2.45) is 0 Å². The molecule has 3 aromatic rings. The summed E-state index contributed by atoms with van der Waals surface area (Å²) < 4.78 is 28.3. The maximum Gasteiger partial charge on any atom is 0.383 e. The predicted octanol–water partition coefficient (Wildman–Crippen LogP) is 3.47. The minimum absolute atomic E-state index is 0.00715. The zero-order valence-corrected chi connectivity index (χ0v) is 18.8. The molecule has 0 bridgehead atoms. The average Bonchev–Trinajstić information content (AvgIpc) is 3.14. The van der Waals surface area contributed by atoms with Gasteiger partial charge in [-0.15, -0.1) is 0 Å². The smallest absolute Gasteiger partial charge is 0.383 e. The summed E-state index contributed by atoms with van der Waals surface area (Å²) in [6.45, 7) is 2.77. The number of benzene rings is 1. The van der Waals surface area contributed by atoms with Crippen LogP contribution in [0, 0.1) is 33.1 Å². The Morgan fingerprint density at radius 1 is 1.29 bits per heavy atom. The second-order valence-electron chi connectivity index (χ2n) is 8.44. The van der Waals surface area contributed by atoms with Crippen LogP contribution in [0.5, 0.6) is 0 Å². The summed E-state index contributed by atoms with van der Waals surface area (Å²) in [7, 11) is 0. The van der Waals surface area contributed by atoms with Gasteiger partial charge in [0.25, 0.3) is 0 Å². The summed E-state index contributed by atoms with van der Waals surface area (Å²) in [6, 6.07) is 7.14. The van der Waals surface area contributed by atoms with E-state index in [4.69, 9.17) is 11.6 Å². The number of nitro groups is 1. The largest absolute Gasteiger partial charge is 0.387 e. The number of hydrogen-bond donors (Lipinski definition) is 1. The molecule has 1 unspecified atom stereocenters. The van der Waals surface area contributed by atoms with Gasteiger partial charge in [-0.2, -0.15) is 5.26 Å². The van der Waals surface area contributed by atoms with Gasteiger partial charge in [0, 0.05) is 37.3 Å². The molecule has 1 aromatic carbocycles. The standard InChI is InChI=1S/C22H19ClF2N6O3/c1-22(32,12-30-10-19(31(33)34)28-21(30)23)11-29-5-4-18-15(9-29)6-14(8-26)20(27-18)13-2-3-16(24)17(25)7-13/h2-3,6-7,10,32H,4-5,9,11-12H2,1H3. The van der Waals surface area contributed by atoms with Crippen molar-refractivity contribution in [1.82, 2.24) is 19.4 Å². The molecule has 12 heteroatoms. The van der Waals surface area contributed by atoms with Crippen molar-refractivity contribution < 1.29 is 18.8 Å². The summed E-state index contributed by atoms with van der Waals surface area (Å²) in [6.07, 6.45) is 1.69. The highest BCUT2D eigenvalue weighted by Gasteiger charge is 2.30. The first-order chi connectivity index (χ1) is 16.1. The van der Waals surface area contributed by atoms with Crippen molar-refractivity contribution in [3.05, 3.63) is 74.3 Å². The molecule has 0 fully saturated rings. The molecule has 0 radical (unpaired) electrons. The van der Waals surface area contributed by atoms with Gasteiger partial charge in [-0.05, 0) is 58.3 Å². The Balaban J connectivity index is 1.52. The number of fused-ring (bicyclic) bond motifs is 1. The molecule has 1 aliphatic heterocycles. The zero-order valence-electron chi connectivity index (χ0n) is 18.0. The second-order valence-corrected chi connectivity index (χ2v) is 8.78. The number of aromatic nitrogens is 3. The molecule has 176 valence electrons. The van der Waals surface area contributed by atoms with E-state index in [0.717, 1.165) is 23.4 Å². The topological polar surface area (TPSA) is 121 Å². The molecule has 0 aliphatic carbocycles. The van der Waals surface area contributed by atoms with E-state index in [2.05, 4.69) is 16.0 Å². The number of β-amino-alcohol motifs (C(OH)–C–C–N with tert-alkyl or cyclic N) is 1. The van der Waals surface area contributed by atoms with Crippen molar-refractivity contribution >= 4 is 17.4 Å². The van der Waals surface area contributed by atoms with Crippen molar-refractivity contribution in [2.75, 3.05) is 13.1 Å². The van der Waals surface area contributed by atoms with Crippen molar-refractivity contribution in [3.63, 3.8) is 0 Å². The van der Waals surface area contributed by atoms with E-state index in [-0.39, 0.29) is 29.6 Å². The molecule has 1 aliphatic rings. The van der Waals surface area contributed by atoms with Gasteiger partial charge in [0.1, 0.15) is 12.3 Å². The van der Waals surface area contributed by atoms with Gasteiger partial charge in [-0.1, -0.05) is 0 Å². The summed E-state index contributed by atoms with van der Waals surface area (Å²) in [5.41, 5.74) is 1.08. The van der Waals surface area contributed by atoms with Gasteiger partial charge in [0.2, 0.25) is 0 Å². The lowest BCUT2D eigenvalue weighted by atomic mass is 9.97. The first kappa shape index (κ1) is 23.7. The van der Waals surface area contributed by atoms with Crippen LogP contribution in [-0.2, 0) is 19.5 Å². The molecule has 1 atom stereocenters. The minimum Gasteiger partial charge on any atom is -0.387 e. The Kier molecular flexibility index (Phi) is 6.31. The molecular weight excluding hydrogens is 470 g/mol. The third-order valence-electron chi connectivity index (χ3n) is 5.54. The van der Waals surface area contributed by atoms with E-state index >= 15 is 0 Å². The van der Waals surface area contributed by atoms with Gasteiger partial charge in [0.15, 0.2) is 11.6 Å². The molecule has 0 saturated heterocycles. The summed E-state index contributed by atoms with van der Waals surface area (Å²) in [4.78, 5) is 20.4. The predicted molar refractivity (Wildman–Crippen MR) is 118 cm³/mol. The van der Waals surface area contributed by atoms with Gasteiger partial charge in [-0.3, -0.25) is 14.5 Å². The first-order valence-corrected chi connectivity index (χ1v) is 10.6. The Morgan fingerprint density at radius 2 is 2.06 bits per heavy atom. The molecule has 34 heavy (non-hydrogen) atoms. The van der Waals surface area contributed by atoms with E-state index in [9.17, 15) is 29.3 Å². The van der Waals surface area contributed by atoms with Gasteiger partial charge in [0.05, 0.1) is 23.4 Å². The van der Waals surface area contributed by atoms with Gasteiger partial charge in [-0.25, -0.2) is 8.78 Å². The third kappa shape index (κ3) is 4.89.